The molecule has 1 aliphatic rings. The summed E-state index contributed by atoms with van der Waals surface area (Å²) < 4.78 is 5.76. The third-order valence-corrected chi connectivity index (χ3v) is 3.86. The van der Waals surface area contributed by atoms with E-state index in [0.29, 0.717) is 17.7 Å². The molecule has 1 fully saturated rings. The van der Waals surface area contributed by atoms with Crippen LogP contribution in [0.3, 0.4) is 0 Å². The average Bonchev–Trinajstić information content (AvgIpc) is 2.88. The Kier molecular flexibility index (Phi) is 9.51. The van der Waals surface area contributed by atoms with E-state index in [4.69, 9.17) is 9.52 Å². The van der Waals surface area contributed by atoms with Gasteiger partial charge in [-0.1, -0.05) is 20.3 Å². The predicted molar refractivity (Wildman–Crippen MR) is 85.8 cm³/mol. The summed E-state index contributed by atoms with van der Waals surface area (Å²) in [6.45, 7) is 8.67. The molecule has 0 spiro atoms. The smallest absolute Gasteiger partial charge is 0.129 e. The fourth-order valence-electron chi connectivity index (χ4n) is 2.64. The summed E-state index contributed by atoms with van der Waals surface area (Å²) in [5.74, 6) is 2.21. The Balaban J connectivity index is 0.00000180. The van der Waals surface area contributed by atoms with Crippen molar-refractivity contribution in [2.75, 3.05) is 26.2 Å². The van der Waals surface area contributed by atoms with Gasteiger partial charge in [-0.25, -0.2) is 0 Å². The summed E-state index contributed by atoms with van der Waals surface area (Å²) >= 11 is 0. The van der Waals surface area contributed by atoms with Crippen LogP contribution in [0.15, 0.2) is 16.5 Å². The summed E-state index contributed by atoms with van der Waals surface area (Å²) in [6.07, 6.45) is 1.13. The number of hydrogen-bond donors (Lipinski definition) is 2. The van der Waals surface area contributed by atoms with Gasteiger partial charge in [0, 0.05) is 26.2 Å². The van der Waals surface area contributed by atoms with E-state index in [2.05, 4.69) is 24.1 Å². The van der Waals surface area contributed by atoms with Gasteiger partial charge in [-0.2, -0.15) is 0 Å². The topological polar surface area (TPSA) is 48.6 Å². The van der Waals surface area contributed by atoms with Gasteiger partial charge in [0.05, 0.1) is 6.04 Å². The van der Waals surface area contributed by atoms with Gasteiger partial charge >= 0.3 is 0 Å². The Morgan fingerprint density at radius 1 is 1.30 bits per heavy atom. The van der Waals surface area contributed by atoms with Gasteiger partial charge in [0.25, 0.3) is 0 Å². The Hall–Kier alpha value is -0.260. The Bertz CT molecular complexity index is 368. The van der Waals surface area contributed by atoms with Crippen LogP contribution in [0.4, 0.5) is 0 Å². The predicted octanol–water partition coefficient (Wildman–Crippen LogP) is 2.61. The lowest BCUT2D eigenvalue weighted by Crippen LogP contribution is -2.46. The van der Waals surface area contributed by atoms with Crippen LogP contribution in [0, 0.1) is 5.92 Å². The second-order valence-corrected chi connectivity index (χ2v) is 5.08. The van der Waals surface area contributed by atoms with Gasteiger partial charge in [0.15, 0.2) is 0 Å². The number of rotatable bonds is 5. The molecule has 118 valence electrons. The van der Waals surface area contributed by atoms with E-state index in [1.807, 2.05) is 12.1 Å². The molecule has 6 heteroatoms. The summed E-state index contributed by atoms with van der Waals surface area (Å²) in [5.41, 5.74) is 0. The van der Waals surface area contributed by atoms with Crippen molar-refractivity contribution in [3.8, 4) is 0 Å². The van der Waals surface area contributed by atoms with Crippen LogP contribution < -0.4 is 5.32 Å². The third-order valence-electron chi connectivity index (χ3n) is 3.86. The number of halogens is 2. The first-order chi connectivity index (χ1) is 8.76. The van der Waals surface area contributed by atoms with Crippen LogP contribution in [0.1, 0.15) is 37.8 Å². The average molecular weight is 325 g/mol. The summed E-state index contributed by atoms with van der Waals surface area (Å²) in [6, 6.07) is 4.23. The fraction of sp³-hybridized carbons (Fsp3) is 0.714. The molecular formula is C14H26Cl2N2O2. The summed E-state index contributed by atoms with van der Waals surface area (Å²) in [5, 5.41) is 12.5. The van der Waals surface area contributed by atoms with E-state index >= 15 is 0 Å². The number of nitrogens with zero attached hydrogens (tertiary/aromatic N) is 1. The zero-order valence-corrected chi connectivity index (χ0v) is 13.8. The monoisotopic (exact) mass is 324 g/mol. The summed E-state index contributed by atoms with van der Waals surface area (Å²) in [7, 11) is 0. The van der Waals surface area contributed by atoms with Gasteiger partial charge in [0.1, 0.15) is 18.1 Å². The van der Waals surface area contributed by atoms with Crippen LogP contribution in [-0.2, 0) is 6.61 Å². The quantitative estimate of drug-likeness (QED) is 0.874. The maximum absolute atomic E-state index is 9.12. The molecule has 1 unspecified atom stereocenters. The van der Waals surface area contributed by atoms with Crippen molar-refractivity contribution in [3.63, 3.8) is 0 Å². The van der Waals surface area contributed by atoms with Crippen molar-refractivity contribution < 1.29 is 9.52 Å². The molecule has 0 amide bonds. The molecule has 0 aromatic carbocycles. The van der Waals surface area contributed by atoms with E-state index < -0.39 is 0 Å². The van der Waals surface area contributed by atoms with Gasteiger partial charge in [0.2, 0.25) is 0 Å². The molecule has 20 heavy (non-hydrogen) atoms. The van der Waals surface area contributed by atoms with Crippen LogP contribution in [-0.4, -0.2) is 36.2 Å². The highest BCUT2D eigenvalue weighted by Gasteiger charge is 2.28. The van der Waals surface area contributed by atoms with E-state index in [-0.39, 0.29) is 31.4 Å². The number of aliphatic hydroxyl groups excluding tert-OH is 1. The molecule has 1 aromatic heterocycles. The van der Waals surface area contributed by atoms with E-state index in [1.54, 1.807) is 0 Å². The number of furan rings is 1. The molecule has 1 aliphatic heterocycles. The molecule has 0 radical (unpaired) electrons. The fourth-order valence-corrected chi connectivity index (χ4v) is 2.64. The van der Waals surface area contributed by atoms with Crippen molar-refractivity contribution in [2.45, 2.75) is 32.9 Å². The molecule has 2 N–H and O–H groups in total. The minimum Gasteiger partial charge on any atom is -0.462 e. The first-order valence-corrected chi connectivity index (χ1v) is 6.90. The maximum atomic E-state index is 9.12. The molecule has 4 nitrogen and oxygen atoms in total. The lowest BCUT2D eigenvalue weighted by molar-refractivity contribution is 0.107. The molecule has 1 aromatic rings. The second-order valence-electron chi connectivity index (χ2n) is 5.08. The third kappa shape index (κ3) is 4.64. The van der Waals surface area contributed by atoms with Gasteiger partial charge in [-0.05, 0) is 18.1 Å². The number of nitrogens with one attached hydrogen (secondary N) is 1. The number of piperazine rings is 1. The largest absolute Gasteiger partial charge is 0.462 e. The zero-order chi connectivity index (χ0) is 13.0. The van der Waals surface area contributed by atoms with Crippen molar-refractivity contribution >= 4 is 24.8 Å². The van der Waals surface area contributed by atoms with Crippen LogP contribution in [0.2, 0.25) is 0 Å². The highest BCUT2D eigenvalue weighted by molar-refractivity contribution is 5.85. The molecule has 1 saturated heterocycles. The van der Waals surface area contributed by atoms with Gasteiger partial charge in [-0.3, -0.25) is 4.90 Å². The zero-order valence-electron chi connectivity index (χ0n) is 12.2. The van der Waals surface area contributed by atoms with E-state index in [9.17, 15) is 0 Å². The van der Waals surface area contributed by atoms with Gasteiger partial charge in [-0.15, -0.1) is 24.8 Å². The lowest BCUT2D eigenvalue weighted by Gasteiger charge is -2.36. The van der Waals surface area contributed by atoms with E-state index in [0.717, 1.165) is 38.4 Å². The van der Waals surface area contributed by atoms with Crippen molar-refractivity contribution in [1.29, 1.82) is 0 Å². The number of aliphatic hydroxyl groups is 1. The molecule has 0 bridgehead atoms. The van der Waals surface area contributed by atoms with E-state index in [1.165, 1.54) is 0 Å². The van der Waals surface area contributed by atoms with Crippen LogP contribution in [0.25, 0.3) is 0 Å². The van der Waals surface area contributed by atoms with Crippen LogP contribution >= 0.6 is 24.8 Å². The molecule has 2 rings (SSSR count). The van der Waals surface area contributed by atoms with Crippen LogP contribution in [0.5, 0.6) is 0 Å². The first kappa shape index (κ1) is 19.7. The van der Waals surface area contributed by atoms with Crippen molar-refractivity contribution in [2.24, 2.45) is 5.92 Å². The first-order valence-electron chi connectivity index (χ1n) is 6.90. The highest BCUT2D eigenvalue weighted by atomic mass is 35.5. The SMILES string of the molecule is CCC(C)[C@H](c1ccc(CO)o1)N1CCNCC1.Cl.Cl. The van der Waals surface area contributed by atoms with Crippen molar-refractivity contribution in [1.82, 2.24) is 10.2 Å². The van der Waals surface area contributed by atoms with Gasteiger partial charge < -0.3 is 14.8 Å². The molecule has 0 aliphatic carbocycles. The Labute approximate surface area is 133 Å². The normalized spacial score (nSPS) is 18.8. The minimum atomic E-state index is -0.0191. The molecule has 0 saturated carbocycles. The molecular weight excluding hydrogens is 299 g/mol. The highest BCUT2D eigenvalue weighted by Crippen LogP contribution is 2.32. The maximum Gasteiger partial charge on any atom is 0.129 e. The number of hydrogen-bond acceptors (Lipinski definition) is 4. The van der Waals surface area contributed by atoms with Crippen molar-refractivity contribution in [3.05, 3.63) is 23.7 Å². The second kappa shape index (κ2) is 9.64. The summed E-state index contributed by atoms with van der Waals surface area (Å²) in [4.78, 5) is 2.49. The molecule has 2 heterocycles. The Morgan fingerprint density at radius 3 is 2.45 bits per heavy atom. The minimum absolute atomic E-state index is 0. The lowest BCUT2D eigenvalue weighted by atomic mass is 9.95. The Morgan fingerprint density at radius 2 is 1.95 bits per heavy atom. The molecule has 2 atom stereocenters. The standard InChI is InChI=1S/C14H24N2O2.2ClH/c1-3-11(2)14(16-8-6-15-7-9-16)13-5-4-12(10-17)18-13;;/h4-5,11,14-15,17H,3,6-10H2,1-2H3;2*1H/t11?,14-;;/m1../s1.